The van der Waals surface area contributed by atoms with Crippen molar-refractivity contribution in [2.24, 2.45) is 11.8 Å². The average molecular weight is 199 g/mol. The van der Waals surface area contributed by atoms with Gasteiger partial charge in [0.2, 0.25) is 0 Å². The van der Waals surface area contributed by atoms with Crippen LogP contribution in [0.25, 0.3) is 0 Å². The molecule has 0 aliphatic carbocycles. The summed E-state index contributed by atoms with van der Waals surface area (Å²) in [6, 6.07) is 0. The lowest BCUT2D eigenvalue weighted by Crippen LogP contribution is -2.50. The molecule has 0 aromatic heterocycles. The smallest absolute Gasteiger partial charge is 0.0696 e. The van der Waals surface area contributed by atoms with E-state index < -0.39 is 0 Å². The molecule has 1 heterocycles. The van der Waals surface area contributed by atoms with Crippen molar-refractivity contribution in [3.63, 3.8) is 0 Å². The third-order valence-corrected chi connectivity index (χ3v) is 4.05. The number of hydrogen-bond acceptors (Lipinski definition) is 2. The van der Waals surface area contributed by atoms with E-state index in [1.54, 1.807) is 0 Å². The normalized spacial score (nSPS) is 35.6. The predicted octanol–water partition coefficient (Wildman–Crippen LogP) is 2.44. The van der Waals surface area contributed by atoms with E-state index in [9.17, 15) is 0 Å². The second-order valence-electron chi connectivity index (χ2n) is 5.43. The molecule has 0 saturated carbocycles. The standard InChI is InChI=1S/C12H25NO/c1-7-12(5,14-6)10-9(2)8-13-11(10,3)4/h9-10,13H,7-8H2,1-6H3. The Morgan fingerprint density at radius 3 is 2.36 bits per heavy atom. The van der Waals surface area contributed by atoms with Crippen LogP contribution < -0.4 is 5.32 Å². The van der Waals surface area contributed by atoms with Crippen LogP contribution in [0.1, 0.15) is 41.0 Å². The Labute approximate surface area is 88.4 Å². The van der Waals surface area contributed by atoms with E-state index in [0.29, 0.717) is 11.8 Å². The van der Waals surface area contributed by atoms with Crippen LogP contribution in [0.4, 0.5) is 0 Å². The summed E-state index contributed by atoms with van der Waals surface area (Å²) in [5, 5.41) is 3.59. The highest BCUT2D eigenvalue weighted by Gasteiger charge is 2.49. The summed E-state index contributed by atoms with van der Waals surface area (Å²) in [5.41, 5.74) is 0.201. The lowest BCUT2D eigenvalue weighted by atomic mass is 9.71. The SMILES string of the molecule is CCC(C)(OC)C1C(C)CNC1(C)C. The molecule has 0 spiro atoms. The predicted molar refractivity (Wildman–Crippen MR) is 60.4 cm³/mol. The van der Waals surface area contributed by atoms with Crippen molar-refractivity contribution in [3.05, 3.63) is 0 Å². The number of methoxy groups -OCH3 is 1. The van der Waals surface area contributed by atoms with Gasteiger partial charge < -0.3 is 10.1 Å². The Morgan fingerprint density at radius 2 is 2.07 bits per heavy atom. The topological polar surface area (TPSA) is 21.3 Å². The van der Waals surface area contributed by atoms with Gasteiger partial charge in [-0.3, -0.25) is 0 Å². The van der Waals surface area contributed by atoms with Gasteiger partial charge in [-0.1, -0.05) is 13.8 Å². The van der Waals surface area contributed by atoms with Crippen LogP contribution in [-0.4, -0.2) is 24.8 Å². The molecule has 1 N–H and O–H groups in total. The van der Waals surface area contributed by atoms with Gasteiger partial charge in [0.1, 0.15) is 0 Å². The third kappa shape index (κ3) is 1.82. The fraction of sp³-hybridized carbons (Fsp3) is 1.00. The number of rotatable bonds is 3. The van der Waals surface area contributed by atoms with Gasteiger partial charge in [0.15, 0.2) is 0 Å². The number of nitrogens with one attached hydrogen (secondary N) is 1. The quantitative estimate of drug-likeness (QED) is 0.754. The lowest BCUT2D eigenvalue weighted by molar-refractivity contribution is -0.0737. The molecule has 0 bridgehead atoms. The minimum Gasteiger partial charge on any atom is -0.378 e. The van der Waals surface area contributed by atoms with Crippen molar-refractivity contribution in [1.82, 2.24) is 5.32 Å². The van der Waals surface area contributed by atoms with Crippen molar-refractivity contribution in [2.75, 3.05) is 13.7 Å². The lowest BCUT2D eigenvalue weighted by Gasteiger charge is -2.42. The van der Waals surface area contributed by atoms with Gasteiger partial charge in [-0.2, -0.15) is 0 Å². The molecule has 1 fully saturated rings. The molecule has 0 amide bonds. The summed E-state index contributed by atoms with van der Waals surface area (Å²) in [4.78, 5) is 0. The molecule has 14 heavy (non-hydrogen) atoms. The average Bonchev–Trinajstić information content (AvgIpc) is 2.40. The van der Waals surface area contributed by atoms with Crippen molar-refractivity contribution < 1.29 is 4.74 Å². The first kappa shape index (κ1) is 12.0. The Balaban J connectivity index is 2.93. The molecule has 3 atom stereocenters. The van der Waals surface area contributed by atoms with Crippen molar-refractivity contribution in [3.8, 4) is 0 Å². The fourth-order valence-corrected chi connectivity index (χ4v) is 3.22. The summed E-state index contributed by atoms with van der Waals surface area (Å²) in [6.45, 7) is 12.5. The Hall–Kier alpha value is -0.0800. The third-order valence-electron chi connectivity index (χ3n) is 4.05. The van der Waals surface area contributed by atoms with Crippen molar-refractivity contribution in [1.29, 1.82) is 0 Å². The van der Waals surface area contributed by atoms with Gasteiger partial charge in [-0.15, -0.1) is 0 Å². The molecule has 0 aromatic carbocycles. The summed E-state index contributed by atoms with van der Waals surface area (Å²) in [6.07, 6.45) is 1.07. The molecule has 2 heteroatoms. The minimum atomic E-state index is 0.00637. The molecule has 0 aromatic rings. The van der Waals surface area contributed by atoms with Crippen LogP contribution in [0.2, 0.25) is 0 Å². The first-order chi connectivity index (χ1) is 6.37. The summed E-state index contributed by atoms with van der Waals surface area (Å²) < 4.78 is 5.74. The highest BCUT2D eigenvalue weighted by atomic mass is 16.5. The van der Waals surface area contributed by atoms with Crippen LogP contribution in [0.5, 0.6) is 0 Å². The summed E-state index contributed by atoms with van der Waals surface area (Å²) in [5.74, 6) is 1.28. The Morgan fingerprint density at radius 1 is 1.50 bits per heavy atom. The first-order valence-corrected chi connectivity index (χ1v) is 5.67. The molecule has 1 aliphatic heterocycles. The highest BCUT2D eigenvalue weighted by Crippen LogP contribution is 2.42. The van der Waals surface area contributed by atoms with Crippen LogP contribution in [-0.2, 0) is 4.74 Å². The monoisotopic (exact) mass is 199 g/mol. The highest BCUT2D eigenvalue weighted by molar-refractivity contribution is 5.04. The zero-order valence-electron chi connectivity index (χ0n) is 10.5. The molecular weight excluding hydrogens is 174 g/mol. The zero-order valence-corrected chi connectivity index (χ0v) is 10.5. The molecule has 1 saturated heterocycles. The molecule has 84 valence electrons. The maximum Gasteiger partial charge on any atom is 0.0696 e. The maximum atomic E-state index is 5.74. The molecule has 3 unspecified atom stereocenters. The van der Waals surface area contributed by atoms with E-state index in [0.717, 1.165) is 13.0 Å². The Kier molecular flexibility index (Phi) is 3.27. The van der Waals surface area contributed by atoms with Crippen LogP contribution in [0.3, 0.4) is 0 Å². The summed E-state index contributed by atoms with van der Waals surface area (Å²) in [7, 11) is 1.84. The van der Waals surface area contributed by atoms with E-state index in [1.165, 1.54) is 0 Å². The van der Waals surface area contributed by atoms with Gasteiger partial charge in [-0.05, 0) is 39.7 Å². The minimum absolute atomic E-state index is 0.00637. The van der Waals surface area contributed by atoms with Gasteiger partial charge >= 0.3 is 0 Å². The van der Waals surface area contributed by atoms with E-state index in [1.807, 2.05) is 7.11 Å². The molecule has 0 radical (unpaired) electrons. The van der Waals surface area contributed by atoms with Gasteiger partial charge in [0.25, 0.3) is 0 Å². The van der Waals surface area contributed by atoms with Gasteiger partial charge in [-0.25, -0.2) is 0 Å². The van der Waals surface area contributed by atoms with Crippen LogP contribution >= 0.6 is 0 Å². The number of hydrogen-bond donors (Lipinski definition) is 1. The van der Waals surface area contributed by atoms with Gasteiger partial charge in [0.05, 0.1) is 5.60 Å². The number of ether oxygens (including phenoxy) is 1. The van der Waals surface area contributed by atoms with E-state index in [-0.39, 0.29) is 11.1 Å². The van der Waals surface area contributed by atoms with Crippen LogP contribution in [0, 0.1) is 11.8 Å². The maximum absolute atomic E-state index is 5.74. The fourth-order valence-electron chi connectivity index (χ4n) is 3.22. The second-order valence-corrected chi connectivity index (χ2v) is 5.43. The molecule has 1 aliphatic rings. The van der Waals surface area contributed by atoms with Gasteiger partial charge in [0, 0.05) is 18.6 Å². The van der Waals surface area contributed by atoms with Crippen molar-refractivity contribution >= 4 is 0 Å². The van der Waals surface area contributed by atoms with E-state index in [4.69, 9.17) is 4.74 Å². The first-order valence-electron chi connectivity index (χ1n) is 5.67. The summed E-state index contributed by atoms with van der Waals surface area (Å²) >= 11 is 0. The van der Waals surface area contributed by atoms with E-state index >= 15 is 0 Å². The zero-order chi connectivity index (χ0) is 11.0. The van der Waals surface area contributed by atoms with E-state index in [2.05, 4.69) is 39.9 Å². The molecular formula is C12H25NO. The second kappa shape index (κ2) is 3.82. The molecule has 1 rings (SSSR count). The largest absolute Gasteiger partial charge is 0.378 e. The van der Waals surface area contributed by atoms with Crippen LogP contribution in [0.15, 0.2) is 0 Å². The van der Waals surface area contributed by atoms with Crippen molar-refractivity contribution in [2.45, 2.75) is 52.2 Å². The Bertz CT molecular complexity index is 196. The molecule has 2 nitrogen and oxygen atoms in total.